The van der Waals surface area contributed by atoms with Crippen molar-refractivity contribution in [3.05, 3.63) is 40.8 Å². The summed E-state index contributed by atoms with van der Waals surface area (Å²) in [5.41, 5.74) is 0. The van der Waals surface area contributed by atoms with E-state index in [-0.39, 0.29) is 12.5 Å². The van der Waals surface area contributed by atoms with Crippen molar-refractivity contribution in [3.63, 3.8) is 0 Å². The van der Waals surface area contributed by atoms with Gasteiger partial charge < -0.3 is 14.8 Å². The number of ether oxygens (including phenoxy) is 2. The molecule has 0 radical (unpaired) electrons. The number of amides is 1. The Labute approximate surface area is 115 Å². The standard InChI is InChI=1S/C13H14N2O3S/c1-17-10-4-2-3-5-11(10)18-9-12(16)15-8-13-14-6-7-19-13/h2-7H,8-9H2,1H3,(H,15,16). The van der Waals surface area contributed by atoms with Crippen LogP contribution in [0.1, 0.15) is 5.01 Å². The van der Waals surface area contributed by atoms with Gasteiger partial charge in [0.1, 0.15) is 5.01 Å². The van der Waals surface area contributed by atoms with Gasteiger partial charge in [0.05, 0.1) is 13.7 Å². The molecule has 1 aromatic heterocycles. The summed E-state index contributed by atoms with van der Waals surface area (Å²) in [5.74, 6) is 0.964. The Morgan fingerprint density at radius 1 is 1.37 bits per heavy atom. The first-order valence-corrected chi connectivity index (χ1v) is 6.58. The van der Waals surface area contributed by atoms with Gasteiger partial charge in [-0.05, 0) is 12.1 Å². The number of thiazole rings is 1. The third-order valence-corrected chi connectivity index (χ3v) is 3.13. The predicted molar refractivity (Wildman–Crippen MR) is 72.4 cm³/mol. The maximum Gasteiger partial charge on any atom is 0.258 e. The van der Waals surface area contributed by atoms with Crippen LogP contribution in [-0.4, -0.2) is 24.6 Å². The van der Waals surface area contributed by atoms with E-state index in [4.69, 9.17) is 9.47 Å². The van der Waals surface area contributed by atoms with Crippen LogP contribution in [0.5, 0.6) is 11.5 Å². The van der Waals surface area contributed by atoms with Crippen molar-refractivity contribution >= 4 is 17.2 Å². The highest BCUT2D eigenvalue weighted by Crippen LogP contribution is 2.25. The number of aromatic nitrogens is 1. The number of methoxy groups -OCH3 is 1. The Hall–Kier alpha value is -2.08. The van der Waals surface area contributed by atoms with Gasteiger partial charge in [0.15, 0.2) is 18.1 Å². The first-order valence-electron chi connectivity index (χ1n) is 5.70. The Bertz CT molecular complexity index is 528. The molecule has 2 aromatic rings. The molecule has 0 fully saturated rings. The number of nitrogens with zero attached hydrogens (tertiary/aromatic N) is 1. The zero-order chi connectivity index (χ0) is 13.5. The minimum atomic E-state index is -0.193. The van der Waals surface area contributed by atoms with Crippen molar-refractivity contribution in [2.45, 2.75) is 6.54 Å². The van der Waals surface area contributed by atoms with E-state index in [1.807, 2.05) is 17.5 Å². The molecule has 1 aromatic carbocycles. The summed E-state index contributed by atoms with van der Waals surface area (Å²) in [7, 11) is 1.56. The zero-order valence-corrected chi connectivity index (χ0v) is 11.3. The Balaban J connectivity index is 1.80. The van der Waals surface area contributed by atoms with Gasteiger partial charge in [-0.15, -0.1) is 11.3 Å². The van der Waals surface area contributed by atoms with Crippen molar-refractivity contribution in [1.29, 1.82) is 0 Å². The summed E-state index contributed by atoms with van der Waals surface area (Å²) < 4.78 is 10.5. The van der Waals surface area contributed by atoms with Crippen LogP contribution in [0.25, 0.3) is 0 Å². The lowest BCUT2D eigenvalue weighted by molar-refractivity contribution is -0.123. The second-order valence-electron chi connectivity index (χ2n) is 3.64. The average Bonchev–Trinajstić information content (AvgIpc) is 2.96. The average molecular weight is 278 g/mol. The normalized spacial score (nSPS) is 9.95. The number of carbonyl (C=O) groups is 1. The molecule has 0 unspecified atom stereocenters. The maximum absolute atomic E-state index is 11.6. The van der Waals surface area contributed by atoms with Gasteiger partial charge in [0.25, 0.3) is 5.91 Å². The number of hydrogen-bond acceptors (Lipinski definition) is 5. The minimum Gasteiger partial charge on any atom is -0.493 e. The van der Waals surface area contributed by atoms with E-state index in [2.05, 4.69) is 10.3 Å². The molecule has 0 aliphatic carbocycles. The van der Waals surface area contributed by atoms with Crippen molar-refractivity contribution < 1.29 is 14.3 Å². The molecule has 0 spiro atoms. The summed E-state index contributed by atoms with van der Waals surface area (Å²) in [6.45, 7) is 0.373. The van der Waals surface area contributed by atoms with Gasteiger partial charge in [-0.2, -0.15) is 0 Å². The number of para-hydroxylation sites is 2. The molecule has 0 bridgehead atoms. The number of carbonyl (C=O) groups excluding carboxylic acids is 1. The predicted octanol–water partition coefficient (Wildman–Crippen LogP) is 1.85. The molecule has 2 rings (SSSR count). The largest absolute Gasteiger partial charge is 0.493 e. The first kappa shape index (κ1) is 13.4. The Morgan fingerprint density at radius 3 is 2.84 bits per heavy atom. The molecule has 0 aliphatic rings. The van der Waals surface area contributed by atoms with Crippen LogP contribution in [0.3, 0.4) is 0 Å². The Kier molecular flexibility index (Phi) is 4.74. The SMILES string of the molecule is COc1ccccc1OCC(=O)NCc1nccs1. The van der Waals surface area contributed by atoms with Crippen molar-refractivity contribution in [1.82, 2.24) is 10.3 Å². The molecule has 0 saturated heterocycles. The van der Waals surface area contributed by atoms with Crippen LogP contribution in [-0.2, 0) is 11.3 Å². The maximum atomic E-state index is 11.6. The minimum absolute atomic E-state index is 0.0499. The van der Waals surface area contributed by atoms with E-state index in [0.29, 0.717) is 18.0 Å². The fraction of sp³-hybridized carbons (Fsp3) is 0.231. The second-order valence-corrected chi connectivity index (χ2v) is 4.62. The van der Waals surface area contributed by atoms with Crippen molar-refractivity contribution in [3.8, 4) is 11.5 Å². The third-order valence-electron chi connectivity index (χ3n) is 2.35. The quantitative estimate of drug-likeness (QED) is 0.876. The van der Waals surface area contributed by atoms with Crippen LogP contribution < -0.4 is 14.8 Å². The molecule has 1 amide bonds. The molecular weight excluding hydrogens is 264 g/mol. The monoisotopic (exact) mass is 278 g/mol. The van der Waals surface area contributed by atoms with Crippen LogP contribution in [0.4, 0.5) is 0 Å². The van der Waals surface area contributed by atoms with Gasteiger partial charge in [-0.3, -0.25) is 4.79 Å². The fourth-order valence-corrected chi connectivity index (χ4v) is 2.00. The Morgan fingerprint density at radius 2 is 2.16 bits per heavy atom. The number of hydrogen-bond donors (Lipinski definition) is 1. The van der Waals surface area contributed by atoms with E-state index >= 15 is 0 Å². The van der Waals surface area contributed by atoms with E-state index < -0.39 is 0 Å². The second kappa shape index (κ2) is 6.75. The number of rotatable bonds is 6. The van der Waals surface area contributed by atoms with Crippen LogP contribution in [0.2, 0.25) is 0 Å². The highest BCUT2D eigenvalue weighted by atomic mass is 32.1. The van der Waals surface area contributed by atoms with Crippen LogP contribution in [0.15, 0.2) is 35.8 Å². The van der Waals surface area contributed by atoms with Gasteiger partial charge in [0, 0.05) is 11.6 Å². The first-order chi connectivity index (χ1) is 9.29. The van der Waals surface area contributed by atoms with Gasteiger partial charge >= 0.3 is 0 Å². The van der Waals surface area contributed by atoms with Gasteiger partial charge in [-0.1, -0.05) is 12.1 Å². The van der Waals surface area contributed by atoms with E-state index in [1.54, 1.807) is 25.4 Å². The summed E-state index contributed by atoms with van der Waals surface area (Å²) in [6, 6.07) is 7.20. The van der Waals surface area contributed by atoms with E-state index in [1.165, 1.54) is 11.3 Å². The summed E-state index contributed by atoms with van der Waals surface area (Å²) in [6.07, 6.45) is 1.71. The topological polar surface area (TPSA) is 60.5 Å². The lowest BCUT2D eigenvalue weighted by atomic mass is 10.3. The lowest BCUT2D eigenvalue weighted by Crippen LogP contribution is -2.28. The summed E-state index contributed by atoms with van der Waals surface area (Å²) >= 11 is 1.50. The van der Waals surface area contributed by atoms with Crippen molar-refractivity contribution in [2.24, 2.45) is 0 Å². The molecule has 5 nitrogen and oxygen atoms in total. The third kappa shape index (κ3) is 3.96. The molecule has 1 heterocycles. The van der Waals surface area contributed by atoms with Crippen LogP contribution in [0, 0.1) is 0 Å². The van der Waals surface area contributed by atoms with Crippen LogP contribution >= 0.6 is 11.3 Å². The highest BCUT2D eigenvalue weighted by molar-refractivity contribution is 7.09. The zero-order valence-electron chi connectivity index (χ0n) is 10.5. The van der Waals surface area contributed by atoms with Gasteiger partial charge in [0.2, 0.25) is 0 Å². The molecular formula is C13H14N2O3S. The lowest BCUT2D eigenvalue weighted by Gasteiger charge is -2.09. The van der Waals surface area contributed by atoms with Crippen molar-refractivity contribution in [2.75, 3.05) is 13.7 Å². The molecule has 19 heavy (non-hydrogen) atoms. The van der Waals surface area contributed by atoms with E-state index in [0.717, 1.165) is 5.01 Å². The molecule has 0 atom stereocenters. The summed E-state index contributed by atoms with van der Waals surface area (Å²) in [5, 5.41) is 5.47. The number of nitrogens with one attached hydrogen (secondary N) is 1. The summed E-state index contributed by atoms with van der Waals surface area (Å²) in [4.78, 5) is 15.7. The fourth-order valence-electron chi connectivity index (χ4n) is 1.45. The molecule has 100 valence electrons. The molecule has 0 saturated carbocycles. The molecule has 1 N–H and O–H groups in total. The number of benzene rings is 1. The smallest absolute Gasteiger partial charge is 0.258 e. The van der Waals surface area contributed by atoms with Gasteiger partial charge in [-0.25, -0.2) is 4.98 Å². The molecule has 6 heteroatoms. The van der Waals surface area contributed by atoms with E-state index in [9.17, 15) is 4.79 Å². The molecule has 0 aliphatic heterocycles. The highest BCUT2D eigenvalue weighted by Gasteiger charge is 2.07.